The maximum atomic E-state index is 6.04. The zero-order chi connectivity index (χ0) is 13.4. The van der Waals surface area contributed by atoms with E-state index in [-0.39, 0.29) is 0 Å². The van der Waals surface area contributed by atoms with Crippen LogP contribution in [0.3, 0.4) is 0 Å². The molecule has 19 heavy (non-hydrogen) atoms. The second-order valence-electron chi connectivity index (χ2n) is 4.20. The van der Waals surface area contributed by atoms with Gasteiger partial charge in [0, 0.05) is 16.4 Å². The minimum Gasteiger partial charge on any atom is -0.331 e. The lowest BCUT2D eigenvalue weighted by Crippen LogP contribution is -2.00. The fourth-order valence-corrected chi connectivity index (χ4v) is 3.60. The number of fused-ring (bicyclic) bond motifs is 1. The van der Waals surface area contributed by atoms with Crippen LogP contribution in [0.25, 0.3) is 11.0 Å². The lowest BCUT2D eigenvalue weighted by Gasteiger charge is -2.03. The van der Waals surface area contributed by atoms with E-state index in [1.165, 1.54) is 4.88 Å². The highest BCUT2D eigenvalue weighted by Crippen LogP contribution is 2.24. The molecular formula is C13H10Cl2N2S2. The van der Waals surface area contributed by atoms with Crippen molar-refractivity contribution < 1.29 is 0 Å². The molecule has 3 aromatic rings. The predicted octanol–water partition coefficient (Wildman–Crippen LogP) is 5.31. The summed E-state index contributed by atoms with van der Waals surface area (Å²) < 4.78 is 3.62. The molecule has 0 aliphatic rings. The standard InChI is InChI=1S/C13H10Cl2N2S2/c14-8-1-3-10-11(7-8)17(13(18)16-10)6-5-9-2-4-12(15)19-9/h1-4,7H,5-6H2,(H,16,18). The van der Waals surface area contributed by atoms with Crippen LogP contribution in [0, 0.1) is 4.77 Å². The van der Waals surface area contributed by atoms with Crippen molar-refractivity contribution in [2.24, 2.45) is 0 Å². The Morgan fingerprint density at radius 1 is 1.21 bits per heavy atom. The van der Waals surface area contributed by atoms with Gasteiger partial charge in [0.25, 0.3) is 0 Å². The van der Waals surface area contributed by atoms with Gasteiger partial charge in [-0.05, 0) is 49.0 Å². The highest BCUT2D eigenvalue weighted by molar-refractivity contribution is 7.71. The molecule has 1 N–H and O–H groups in total. The normalized spacial score (nSPS) is 11.3. The van der Waals surface area contributed by atoms with Crippen LogP contribution in [-0.4, -0.2) is 9.55 Å². The molecule has 2 nitrogen and oxygen atoms in total. The quantitative estimate of drug-likeness (QED) is 0.646. The number of aromatic nitrogens is 2. The van der Waals surface area contributed by atoms with Crippen molar-refractivity contribution in [3.05, 3.63) is 49.3 Å². The number of nitrogens with zero attached hydrogens (tertiary/aromatic N) is 1. The molecule has 98 valence electrons. The molecule has 1 aromatic carbocycles. The van der Waals surface area contributed by atoms with Gasteiger partial charge in [-0.1, -0.05) is 23.2 Å². The molecule has 0 bridgehead atoms. The monoisotopic (exact) mass is 328 g/mol. The molecule has 0 amide bonds. The number of imidazole rings is 1. The van der Waals surface area contributed by atoms with E-state index in [2.05, 4.69) is 15.6 Å². The fraction of sp³-hybridized carbons (Fsp3) is 0.154. The summed E-state index contributed by atoms with van der Waals surface area (Å²) in [7, 11) is 0. The van der Waals surface area contributed by atoms with Crippen molar-refractivity contribution in [1.29, 1.82) is 0 Å². The number of hydrogen-bond acceptors (Lipinski definition) is 2. The number of aryl methyl sites for hydroxylation is 2. The molecule has 0 radical (unpaired) electrons. The van der Waals surface area contributed by atoms with Gasteiger partial charge in [0.1, 0.15) is 0 Å². The lowest BCUT2D eigenvalue weighted by molar-refractivity contribution is 0.712. The van der Waals surface area contributed by atoms with Crippen LogP contribution in [0.4, 0.5) is 0 Å². The summed E-state index contributed by atoms with van der Waals surface area (Å²) in [5.41, 5.74) is 2.05. The summed E-state index contributed by atoms with van der Waals surface area (Å²) in [6.07, 6.45) is 0.908. The van der Waals surface area contributed by atoms with E-state index < -0.39 is 0 Å². The van der Waals surface area contributed by atoms with Gasteiger partial charge in [-0.2, -0.15) is 0 Å². The van der Waals surface area contributed by atoms with Gasteiger partial charge in [0.15, 0.2) is 4.77 Å². The minimum absolute atomic E-state index is 0.717. The van der Waals surface area contributed by atoms with Crippen LogP contribution in [-0.2, 0) is 13.0 Å². The molecule has 0 saturated heterocycles. The number of hydrogen-bond donors (Lipinski definition) is 1. The highest BCUT2D eigenvalue weighted by Gasteiger charge is 2.06. The van der Waals surface area contributed by atoms with Crippen molar-refractivity contribution >= 4 is 57.8 Å². The molecule has 2 heterocycles. The molecule has 0 spiro atoms. The molecule has 0 saturated carbocycles. The number of nitrogens with one attached hydrogen (secondary N) is 1. The van der Waals surface area contributed by atoms with Crippen LogP contribution in [0.15, 0.2) is 30.3 Å². The first-order valence-electron chi connectivity index (χ1n) is 5.76. The Balaban J connectivity index is 1.94. The maximum absolute atomic E-state index is 6.04. The zero-order valence-electron chi connectivity index (χ0n) is 9.82. The third-order valence-electron chi connectivity index (χ3n) is 2.95. The molecule has 0 aliphatic carbocycles. The summed E-state index contributed by atoms with van der Waals surface area (Å²) in [6, 6.07) is 9.72. The summed E-state index contributed by atoms with van der Waals surface area (Å²) >= 11 is 18.9. The molecule has 0 fully saturated rings. The van der Waals surface area contributed by atoms with Gasteiger partial charge in [0.05, 0.1) is 15.4 Å². The average Bonchev–Trinajstić information content (AvgIpc) is 2.90. The third kappa shape index (κ3) is 2.72. The number of rotatable bonds is 3. The van der Waals surface area contributed by atoms with Crippen LogP contribution in [0.2, 0.25) is 9.36 Å². The minimum atomic E-state index is 0.717. The topological polar surface area (TPSA) is 20.7 Å². The Hall–Kier alpha value is -0.810. The van der Waals surface area contributed by atoms with Crippen LogP contribution in [0.5, 0.6) is 0 Å². The first-order valence-corrected chi connectivity index (χ1v) is 7.74. The molecule has 3 rings (SSSR count). The summed E-state index contributed by atoms with van der Waals surface area (Å²) in [4.78, 5) is 4.45. The summed E-state index contributed by atoms with van der Waals surface area (Å²) in [6.45, 7) is 0.815. The molecule has 0 atom stereocenters. The SMILES string of the molecule is S=c1[nH]c2ccc(Cl)cc2n1CCc1ccc(Cl)s1. The fourth-order valence-electron chi connectivity index (χ4n) is 2.06. The Kier molecular flexibility index (Phi) is 3.67. The Labute approximate surface area is 129 Å². The average molecular weight is 329 g/mol. The smallest absolute Gasteiger partial charge is 0.178 e. The largest absolute Gasteiger partial charge is 0.331 e. The van der Waals surface area contributed by atoms with Gasteiger partial charge < -0.3 is 9.55 Å². The number of aromatic amines is 1. The number of H-pyrrole nitrogens is 1. The van der Waals surface area contributed by atoms with Crippen molar-refractivity contribution in [2.45, 2.75) is 13.0 Å². The molecule has 0 unspecified atom stereocenters. The Bertz CT molecular complexity index is 785. The third-order valence-corrected chi connectivity index (χ3v) is 4.80. The van der Waals surface area contributed by atoms with E-state index in [1.807, 2.05) is 24.3 Å². The van der Waals surface area contributed by atoms with Crippen LogP contribution >= 0.6 is 46.8 Å². The molecular weight excluding hydrogens is 319 g/mol. The van der Waals surface area contributed by atoms with E-state index in [0.717, 1.165) is 38.1 Å². The van der Waals surface area contributed by atoms with E-state index in [0.29, 0.717) is 0 Å². The highest BCUT2D eigenvalue weighted by atomic mass is 35.5. The molecule has 2 aromatic heterocycles. The van der Waals surface area contributed by atoms with Gasteiger partial charge in [-0.25, -0.2) is 0 Å². The van der Waals surface area contributed by atoms with E-state index in [9.17, 15) is 0 Å². The van der Waals surface area contributed by atoms with Gasteiger partial charge in [-0.3, -0.25) is 0 Å². The van der Waals surface area contributed by atoms with Crippen molar-refractivity contribution in [1.82, 2.24) is 9.55 Å². The second kappa shape index (κ2) is 5.29. The lowest BCUT2D eigenvalue weighted by atomic mass is 10.3. The van der Waals surface area contributed by atoms with Crippen molar-refractivity contribution in [2.75, 3.05) is 0 Å². The van der Waals surface area contributed by atoms with E-state index >= 15 is 0 Å². The summed E-state index contributed by atoms with van der Waals surface area (Å²) in [5.74, 6) is 0. The Morgan fingerprint density at radius 2 is 2.05 bits per heavy atom. The van der Waals surface area contributed by atoms with E-state index in [1.54, 1.807) is 11.3 Å². The predicted molar refractivity (Wildman–Crippen MR) is 85.2 cm³/mol. The first-order chi connectivity index (χ1) is 9.13. The number of halogens is 2. The Morgan fingerprint density at radius 3 is 2.79 bits per heavy atom. The molecule has 0 aliphatic heterocycles. The second-order valence-corrected chi connectivity index (χ2v) is 6.82. The van der Waals surface area contributed by atoms with Crippen molar-refractivity contribution in [3.8, 4) is 0 Å². The first kappa shape index (κ1) is 13.2. The van der Waals surface area contributed by atoms with E-state index in [4.69, 9.17) is 35.4 Å². The number of benzene rings is 1. The van der Waals surface area contributed by atoms with Gasteiger partial charge >= 0.3 is 0 Å². The number of thiophene rings is 1. The maximum Gasteiger partial charge on any atom is 0.178 e. The molecule has 6 heteroatoms. The van der Waals surface area contributed by atoms with Crippen LogP contribution < -0.4 is 0 Å². The zero-order valence-corrected chi connectivity index (χ0v) is 13.0. The van der Waals surface area contributed by atoms with Crippen molar-refractivity contribution in [3.63, 3.8) is 0 Å². The van der Waals surface area contributed by atoms with Gasteiger partial charge in [0.2, 0.25) is 0 Å². The summed E-state index contributed by atoms with van der Waals surface area (Å²) in [5, 5.41) is 0.717. The van der Waals surface area contributed by atoms with Gasteiger partial charge in [-0.15, -0.1) is 11.3 Å². The van der Waals surface area contributed by atoms with Crippen LogP contribution in [0.1, 0.15) is 4.88 Å².